The summed E-state index contributed by atoms with van der Waals surface area (Å²) < 4.78 is 31.9. The second kappa shape index (κ2) is 7.10. The van der Waals surface area contributed by atoms with Crippen LogP contribution in [0.4, 0.5) is 0 Å². The van der Waals surface area contributed by atoms with Gasteiger partial charge in [-0.1, -0.05) is 12.1 Å². The van der Waals surface area contributed by atoms with E-state index in [0.29, 0.717) is 18.4 Å². The van der Waals surface area contributed by atoms with Crippen LogP contribution in [0.1, 0.15) is 36.4 Å². The summed E-state index contributed by atoms with van der Waals surface area (Å²) in [5, 5.41) is 0. The average Bonchev–Trinajstić information content (AvgIpc) is 3.05. The van der Waals surface area contributed by atoms with Crippen LogP contribution in [-0.4, -0.2) is 31.6 Å². The fraction of sp³-hybridized carbons (Fsp3) is 0.353. The van der Waals surface area contributed by atoms with E-state index in [-0.39, 0.29) is 16.7 Å². The van der Waals surface area contributed by atoms with E-state index >= 15 is 0 Å². The van der Waals surface area contributed by atoms with E-state index in [4.69, 9.17) is 4.42 Å². The molecule has 124 valence electrons. The third-order valence-corrected chi connectivity index (χ3v) is 5.93. The lowest BCUT2D eigenvalue weighted by atomic mass is 10.1. The molecule has 0 N–H and O–H groups in total. The molecule has 0 aliphatic carbocycles. The first kappa shape index (κ1) is 17.4. The third kappa shape index (κ3) is 4.09. The lowest BCUT2D eigenvalue weighted by Crippen LogP contribution is -2.35. The normalized spacial score (nSPS) is 13.2. The van der Waals surface area contributed by atoms with Gasteiger partial charge in [-0.25, -0.2) is 8.42 Å². The van der Waals surface area contributed by atoms with Crippen LogP contribution in [0.15, 0.2) is 52.0 Å². The Morgan fingerprint density at radius 3 is 2.39 bits per heavy atom. The molecule has 2 rings (SSSR count). The van der Waals surface area contributed by atoms with Crippen molar-refractivity contribution >= 4 is 15.8 Å². The molecule has 1 aromatic heterocycles. The van der Waals surface area contributed by atoms with Crippen LogP contribution in [0.2, 0.25) is 0 Å². The predicted octanol–water partition coefficient (Wildman–Crippen LogP) is 3.12. The number of hydrogen-bond acceptors (Lipinski definition) is 4. The number of furan rings is 1. The summed E-state index contributed by atoms with van der Waals surface area (Å²) in [6.45, 7) is 3.32. The summed E-state index contributed by atoms with van der Waals surface area (Å²) in [6.07, 6.45) is 2.95. The molecule has 5 nitrogen and oxygen atoms in total. The van der Waals surface area contributed by atoms with E-state index in [1.807, 2.05) is 19.1 Å². The van der Waals surface area contributed by atoms with Crippen LogP contribution >= 0.6 is 0 Å². The van der Waals surface area contributed by atoms with Crippen LogP contribution in [0.5, 0.6) is 0 Å². The van der Waals surface area contributed by atoms with Crippen molar-refractivity contribution in [1.29, 1.82) is 0 Å². The lowest BCUT2D eigenvalue weighted by Gasteiger charge is -2.24. The van der Waals surface area contributed by atoms with Gasteiger partial charge in [-0.3, -0.25) is 4.79 Å². The van der Waals surface area contributed by atoms with Crippen LogP contribution in [-0.2, 0) is 16.4 Å². The molecule has 0 amide bonds. The Balaban J connectivity index is 2.09. The Bertz CT molecular complexity index is 748. The van der Waals surface area contributed by atoms with Gasteiger partial charge >= 0.3 is 0 Å². The number of benzene rings is 1. The quantitative estimate of drug-likeness (QED) is 0.729. The first-order valence-corrected chi connectivity index (χ1v) is 8.88. The van der Waals surface area contributed by atoms with E-state index in [1.165, 1.54) is 35.5 Å². The van der Waals surface area contributed by atoms with E-state index in [2.05, 4.69) is 0 Å². The van der Waals surface area contributed by atoms with Gasteiger partial charge in [0.05, 0.1) is 11.2 Å². The monoisotopic (exact) mass is 335 g/mol. The highest BCUT2D eigenvalue weighted by Crippen LogP contribution is 2.19. The minimum atomic E-state index is -3.58. The van der Waals surface area contributed by atoms with Crippen LogP contribution in [0.3, 0.4) is 0 Å². The van der Waals surface area contributed by atoms with Crippen molar-refractivity contribution < 1.29 is 17.6 Å². The van der Waals surface area contributed by atoms with Crippen molar-refractivity contribution in [2.24, 2.45) is 0 Å². The molecule has 0 saturated heterocycles. The summed E-state index contributed by atoms with van der Waals surface area (Å²) in [7, 11) is -2.01. The summed E-state index contributed by atoms with van der Waals surface area (Å²) in [6, 6.07) is 9.55. The lowest BCUT2D eigenvalue weighted by molar-refractivity contribution is 0.101. The maximum Gasteiger partial charge on any atom is 0.243 e. The zero-order valence-corrected chi connectivity index (χ0v) is 14.3. The molecule has 0 radical (unpaired) electrons. The Morgan fingerprint density at radius 2 is 1.87 bits per heavy atom. The molecule has 23 heavy (non-hydrogen) atoms. The largest absolute Gasteiger partial charge is 0.469 e. The first-order chi connectivity index (χ1) is 10.8. The standard InChI is InChI=1S/C17H21NO4S/c1-13(6-9-16-5-4-12-22-16)18(3)23(20,21)17-10-7-15(8-11-17)14(2)19/h4-5,7-8,10-13H,6,9H2,1-3H3/t13-/m1/s1. The number of aryl methyl sites for hydroxylation is 1. The highest BCUT2D eigenvalue weighted by molar-refractivity contribution is 7.89. The summed E-state index contributed by atoms with van der Waals surface area (Å²) >= 11 is 0. The van der Waals surface area contributed by atoms with E-state index in [1.54, 1.807) is 13.3 Å². The van der Waals surface area contributed by atoms with E-state index < -0.39 is 10.0 Å². The van der Waals surface area contributed by atoms with Crippen LogP contribution in [0, 0.1) is 0 Å². The van der Waals surface area contributed by atoms with Crippen molar-refractivity contribution in [2.75, 3.05) is 7.05 Å². The predicted molar refractivity (Wildman–Crippen MR) is 87.9 cm³/mol. The molecule has 0 bridgehead atoms. The maximum atomic E-state index is 12.6. The second-order valence-electron chi connectivity index (χ2n) is 5.57. The summed E-state index contributed by atoms with van der Waals surface area (Å²) in [4.78, 5) is 11.5. The average molecular weight is 335 g/mol. The third-order valence-electron chi connectivity index (χ3n) is 3.95. The van der Waals surface area contributed by atoms with Gasteiger partial charge in [-0.15, -0.1) is 0 Å². The molecule has 0 unspecified atom stereocenters. The highest BCUT2D eigenvalue weighted by atomic mass is 32.2. The van der Waals surface area contributed by atoms with Crippen molar-refractivity contribution in [3.05, 3.63) is 54.0 Å². The van der Waals surface area contributed by atoms with Crippen molar-refractivity contribution in [2.45, 2.75) is 37.6 Å². The number of ketones is 1. The molecule has 1 atom stereocenters. The van der Waals surface area contributed by atoms with E-state index in [9.17, 15) is 13.2 Å². The zero-order chi connectivity index (χ0) is 17.0. The highest BCUT2D eigenvalue weighted by Gasteiger charge is 2.25. The van der Waals surface area contributed by atoms with Gasteiger partial charge in [0.1, 0.15) is 5.76 Å². The fourth-order valence-corrected chi connectivity index (χ4v) is 3.64. The van der Waals surface area contributed by atoms with Gasteiger partial charge in [0, 0.05) is 25.1 Å². The Kier molecular flexibility index (Phi) is 5.38. The van der Waals surface area contributed by atoms with Crippen molar-refractivity contribution in [3.8, 4) is 0 Å². The zero-order valence-electron chi connectivity index (χ0n) is 13.5. The van der Waals surface area contributed by atoms with Gasteiger partial charge < -0.3 is 4.42 Å². The number of carbonyl (C=O) groups excluding carboxylic acids is 1. The number of carbonyl (C=O) groups is 1. The minimum absolute atomic E-state index is 0.0888. The van der Waals surface area contributed by atoms with Gasteiger partial charge in [0.15, 0.2) is 5.78 Å². The molecule has 0 spiro atoms. The van der Waals surface area contributed by atoms with Gasteiger partial charge in [-0.05, 0) is 44.5 Å². The summed E-state index contributed by atoms with van der Waals surface area (Å²) in [5.41, 5.74) is 0.498. The van der Waals surface area contributed by atoms with E-state index in [0.717, 1.165) is 5.76 Å². The molecule has 2 aromatic rings. The minimum Gasteiger partial charge on any atom is -0.469 e. The number of nitrogens with zero attached hydrogens (tertiary/aromatic N) is 1. The topological polar surface area (TPSA) is 67.6 Å². The number of Topliss-reactive ketones (excluding diaryl/α,β-unsaturated/α-hetero) is 1. The number of sulfonamides is 1. The van der Waals surface area contributed by atoms with Gasteiger partial charge in [-0.2, -0.15) is 4.31 Å². The molecule has 0 saturated carbocycles. The maximum absolute atomic E-state index is 12.6. The molecular formula is C17H21NO4S. The Morgan fingerprint density at radius 1 is 1.22 bits per heavy atom. The SMILES string of the molecule is CC(=O)c1ccc(S(=O)(=O)N(C)[C@H](C)CCc2ccco2)cc1. The van der Waals surface area contributed by atoms with Crippen molar-refractivity contribution in [1.82, 2.24) is 4.31 Å². The summed E-state index contributed by atoms with van der Waals surface area (Å²) in [5.74, 6) is 0.752. The molecular weight excluding hydrogens is 314 g/mol. The van der Waals surface area contributed by atoms with Crippen LogP contribution in [0.25, 0.3) is 0 Å². The number of rotatable bonds is 7. The molecule has 0 aliphatic rings. The molecule has 1 heterocycles. The van der Waals surface area contributed by atoms with Crippen molar-refractivity contribution in [3.63, 3.8) is 0 Å². The second-order valence-corrected chi connectivity index (χ2v) is 7.57. The van der Waals surface area contributed by atoms with Gasteiger partial charge in [0.2, 0.25) is 10.0 Å². The smallest absolute Gasteiger partial charge is 0.243 e. The fourth-order valence-electron chi connectivity index (χ4n) is 2.25. The molecule has 0 aliphatic heterocycles. The Labute approximate surface area is 137 Å². The van der Waals surface area contributed by atoms with Crippen LogP contribution < -0.4 is 0 Å². The Hall–Kier alpha value is -1.92. The first-order valence-electron chi connectivity index (χ1n) is 7.44. The molecule has 6 heteroatoms. The van der Waals surface area contributed by atoms with Gasteiger partial charge in [0.25, 0.3) is 0 Å². The molecule has 1 aromatic carbocycles. The number of hydrogen-bond donors (Lipinski definition) is 0. The molecule has 0 fully saturated rings.